The second-order valence-electron chi connectivity index (χ2n) is 5.19. The van der Waals surface area contributed by atoms with E-state index in [4.69, 9.17) is 0 Å². The monoisotopic (exact) mass is 304 g/mol. The molecule has 2 rings (SSSR count). The van der Waals surface area contributed by atoms with Gasteiger partial charge < -0.3 is 20.4 Å². The molecule has 0 aromatic carbocycles. The first kappa shape index (κ1) is 17.0. The van der Waals surface area contributed by atoms with E-state index in [0.717, 1.165) is 25.9 Å². The highest BCUT2D eigenvalue weighted by Gasteiger charge is 2.29. The fraction of sp³-hybridized carbons (Fsp3) is 0.846. The number of carbonyl (C=O) groups excluding carboxylic acids is 2. The number of hydrogen-bond acceptors (Lipinski definition) is 3. The zero-order chi connectivity index (χ0) is 13.7. The third-order valence-corrected chi connectivity index (χ3v) is 3.85. The Balaban J connectivity index is 0.00000200. The molecule has 2 aliphatic rings. The Labute approximate surface area is 126 Å². The maximum absolute atomic E-state index is 12.3. The van der Waals surface area contributed by atoms with Crippen LogP contribution in [0.4, 0.5) is 4.79 Å². The summed E-state index contributed by atoms with van der Waals surface area (Å²) in [4.78, 5) is 27.7. The fourth-order valence-corrected chi connectivity index (χ4v) is 2.71. The standard InChI is InChI=1S/C13H24N4O2.ClH/c1-2-15-13(19)17-8-6-16(7-9-17)12(18)11-4-3-5-14-10-11;/h11,14H,2-10H2,1H3,(H,15,19);1H/t11-;/m1./s1. The summed E-state index contributed by atoms with van der Waals surface area (Å²) in [7, 11) is 0. The van der Waals surface area contributed by atoms with Crippen LogP contribution >= 0.6 is 12.4 Å². The van der Waals surface area contributed by atoms with E-state index in [1.165, 1.54) is 0 Å². The van der Waals surface area contributed by atoms with Gasteiger partial charge in [0, 0.05) is 39.3 Å². The Morgan fingerprint density at radius 1 is 1.20 bits per heavy atom. The lowest BCUT2D eigenvalue weighted by molar-refractivity contribution is -0.137. The Kier molecular flexibility index (Phi) is 7.09. The van der Waals surface area contributed by atoms with Crippen molar-refractivity contribution in [2.75, 3.05) is 45.8 Å². The molecule has 20 heavy (non-hydrogen) atoms. The molecule has 2 saturated heterocycles. The van der Waals surface area contributed by atoms with Crippen molar-refractivity contribution in [1.29, 1.82) is 0 Å². The van der Waals surface area contributed by atoms with Gasteiger partial charge in [-0.05, 0) is 26.3 Å². The molecule has 0 aromatic rings. The van der Waals surface area contributed by atoms with Gasteiger partial charge in [-0.3, -0.25) is 4.79 Å². The lowest BCUT2D eigenvalue weighted by Crippen LogP contribution is -2.55. The molecule has 2 heterocycles. The third-order valence-electron chi connectivity index (χ3n) is 3.85. The summed E-state index contributed by atoms with van der Waals surface area (Å²) in [6.07, 6.45) is 2.07. The van der Waals surface area contributed by atoms with Gasteiger partial charge in [-0.25, -0.2) is 4.79 Å². The van der Waals surface area contributed by atoms with E-state index in [1.807, 2.05) is 11.8 Å². The zero-order valence-electron chi connectivity index (χ0n) is 12.1. The number of hydrogen-bond donors (Lipinski definition) is 2. The summed E-state index contributed by atoms with van der Waals surface area (Å²) >= 11 is 0. The summed E-state index contributed by atoms with van der Waals surface area (Å²) in [6.45, 7) is 6.97. The molecule has 6 nitrogen and oxygen atoms in total. The minimum Gasteiger partial charge on any atom is -0.339 e. The first-order chi connectivity index (χ1) is 9.22. The van der Waals surface area contributed by atoms with Gasteiger partial charge >= 0.3 is 6.03 Å². The van der Waals surface area contributed by atoms with Crippen molar-refractivity contribution in [2.24, 2.45) is 5.92 Å². The molecular formula is C13H25ClN4O2. The van der Waals surface area contributed by atoms with Crippen LogP contribution in [-0.4, -0.2) is 67.6 Å². The van der Waals surface area contributed by atoms with Crippen molar-refractivity contribution in [3.8, 4) is 0 Å². The lowest BCUT2D eigenvalue weighted by atomic mass is 9.98. The predicted octanol–water partition coefficient (Wildman–Crippen LogP) is 0.282. The van der Waals surface area contributed by atoms with Crippen molar-refractivity contribution in [3.05, 3.63) is 0 Å². The first-order valence-electron chi connectivity index (χ1n) is 7.24. The smallest absolute Gasteiger partial charge is 0.317 e. The molecule has 0 aliphatic carbocycles. The Bertz CT molecular complexity index is 326. The Morgan fingerprint density at radius 3 is 2.40 bits per heavy atom. The van der Waals surface area contributed by atoms with Crippen LogP contribution in [0, 0.1) is 5.92 Å². The first-order valence-corrected chi connectivity index (χ1v) is 7.24. The molecule has 0 aromatic heterocycles. The second-order valence-corrected chi connectivity index (χ2v) is 5.19. The number of nitrogens with zero attached hydrogens (tertiary/aromatic N) is 2. The van der Waals surface area contributed by atoms with Crippen molar-refractivity contribution in [2.45, 2.75) is 19.8 Å². The van der Waals surface area contributed by atoms with Crippen LogP contribution in [0.25, 0.3) is 0 Å². The lowest BCUT2D eigenvalue weighted by Gasteiger charge is -2.37. The van der Waals surface area contributed by atoms with E-state index in [0.29, 0.717) is 32.7 Å². The highest BCUT2D eigenvalue weighted by atomic mass is 35.5. The number of urea groups is 1. The highest BCUT2D eigenvalue weighted by Crippen LogP contribution is 2.15. The van der Waals surface area contributed by atoms with E-state index in [1.54, 1.807) is 4.90 Å². The summed E-state index contributed by atoms with van der Waals surface area (Å²) in [6, 6.07) is -0.0195. The van der Waals surface area contributed by atoms with Gasteiger partial charge in [0.05, 0.1) is 5.92 Å². The van der Waals surface area contributed by atoms with Crippen LogP contribution in [0.1, 0.15) is 19.8 Å². The quantitative estimate of drug-likeness (QED) is 0.770. The van der Waals surface area contributed by atoms with Gasteiger partial charge in [0.2, 0.25) is 5.91 Å². The van der Waals surface area contributed by atoms with Gasteiger partial charge in [0.15, 0.2) is 0 Å². The number of nitrogens with one attached hydrogen (secondary N) is 2. The van der Waals surface area contributed by atoms with Crippen LogP contribution in [-0.2, 0) is 4.79 Å². The second kappa shape index (κ2) is 8.32. The van der Waals surface area contributed by atoms with E-state index >= 15 is 0 Å². The number of amides is 3. The Hall–Kier alpha value is -1.01. The summed E-state index contributed by atoms with van der Waals surface area (Å²) in [5.74, 6) is 0.382. The van der Waals surface area contributed by atoms with Gasteiger partial charge in [-0.15, -0.1) is 12.4 Å². The van der Waals surface area contributed by atoms with E-state index < -0.39 is 0 Å². The molecule has 2 N–H and O–H groups in total. The summed E-state index contributed by atoms with van der Waals surface area (Å²) in [5.41, 5.74) is 0. The van der Waals surface area contributed by atoms with E-state index in [2.05, 4.69) is 10.6 Å². The van der Waals surface area contributed by atoms with Gasteiger partial charge in [-0.1, -0.05) is 0 Å². The van der Waals surface area contributed by atoms with Crippen LogP contribution in [0.15, 0.2) is 0 Å². The molecule has 7 heteroatoms. The van der Waals surface area contributed by atoms with E-state index in [-0.39, 0.29) is 30.3 Å². The van der Waals surface area contributed by atoms with Crippen molar-refractivity contribution in [3.63, 3.8) is 0 Å². The predicted molar refractivity (Wildman–Crippen MR) is 80.1 cm³/mol. The maximum atomic E-state index is 12.3. The fourth-order valence-electron chi connectivity index (χ4n) is 2.71. The molecular weight excluding hydrogens is 280 g/mol. The summed E-state index contributed by atoms with van der Waals surface area (Å²) in [5, 5.41) is 6.07. The summed E-state index contributed by atoms with van der Waals surface area (Å²) < 4.78 is 0. The average molecular weight is 305 g/mol. The molecule has 0 bridgehead atoms. The molecule has 0 unspecified atom stereocenters. The Morgan fingerprint density at radius 2 is 1.85 bits per heavy atom. The number of piperidine rings is 1. The van der Waals surface area contributed by atoms with E-state index in [9.17, 15) is 9.59 Å². The molecule has 0 saturated carbocycles. The van der Waals surface area contributed by atoms with Gasteiger partial charge in [0.1, 0.15) is 0 Å². The molecule has 2 fully saturated rings. The zero-order valence-corrected chi connectivity index (χ0v) is 12.9. The maximum Gasteiger partial charge on any atom is 0.317 e. The highest BCUT2D eigenvalue weighted by molar-refractivity contribution is 5.85. The topological polar surface area (TPSA) is 64.7 Å². The van der Waals surface area contributed by atoms with Crippen LogP contribution in [0.2, 0.25) is 0 Å². The average Bonchev–Trinajstić information content (AvgIpc) is 2.48. The molecule has 2 aliphatic heterocycles. The SMILES string of the molecule is CCNC(=O)N1CCN(C(=O)[C@@H]2CCCNC2)CC1.Cl. The number of rotatable bonds is 2. The minimum atomic E-state index is -0.0195. The van der Waals surface area contributed by atoms with Crippen LogP contribution in [0.3, 0.4) is 0 Å². The number of carbonyl (C=O) groups is 2. The van der Waals surface area contributed by atoms with Crippen molar-refractivity contribution in [1.82, 2.24) is 20.4 Å². The molecule has 0 radical (unpaired) electrons. The third kappa shape index (κ3) is 4.24. The molecule has 116 valence electrons. The molecule has 1 atom stereocenters. The molecule has 3 amide bonds. The number of piperazine rings is 1. The number of halogens is 1. The van der Waals surface area contributed by atoms with Crippen LogP contribution in [0.5, 0.6) is 0 Å². The van der Waals surface area contributed by atoms with Crippen LogP contribution < -0.4 is 10.6 Å². The largest absolute Gasteiger partial charge is 0.339 e. The van der Waals surface area contributed by atoms with Crippen molar-refractivity contribution < 1.29 is 9.59 Å². The molecule has 0 spiro atoms. The normalized spacial score (nSPS) is 22.9. The van der Waals surface area contributed by atoms with Gasteiger partial charge in [0.25, 0.3) is 0 Å². The van der Waals surface area contributed by atoms with Gasteiger partial charge in [-0.2, -0.15) is 0 Å². The van der Waals surface area contributed by atoms with Crippen molar-refractivity contribution >= 4 is 24.3 Å². The minimum absolute atomic E-state index is 0.